The van der Waals surface area contributed by atoms with Gasteiger partial charge in [0.15, 0.2) is 6.04 Å². The number of para-hydroxylation sites is 1. The molecular formula is C22H30N3O3S+. The fourth-order valence-corrected chi connectivity index (χ4v) is 5.11. The van der Waals surface area contributed by atoms with E-state index in [-0.39, 0.29) is 11.9 Å². The predicted molar refractivity (Wildman–Crippen MR) is 114 cm³/mol. The van der Waals surface area contributed by atoms with Crippen LogP contribution in [0.4, 0.5) is 5.69 Å². The van der Waals surface area contributed by atoms with Crippen LogP contribution in [0.3, 0.4) is 0 Å². The fourth-order valence-electron chi connectivity index (χ4n) is 3.67. The Labute approximate surface area is 173 Å². The van der Waals surface area contributed by atoms with Crippen LogP contribution >= 0.6 is 0 Å². The highest BCUT2D eigenvalue weighted by Gasteiger charge is 2.34. The summed E-state index contributed by atoms with van der Waals surface area (Å²) in [5.41, 5.74) is 1.93. The van der Waals surface area contributed by atoms with Gasteiger partial charge in [-0.3, -0.25) is 4.79 Å². The lowest BCUT2D eigenvalue weighted by atomic mass is 10.1. The standard InChI is InChI=1S/C22H29N3O3S/c1-3-7-19-10-12-21(13-11-19)29(27,28)25-16-14-24(15-17-25)18(2)22(26)23-20-8-5-4-6-9-20/h4-6,8-13,18H,3,7,14-17H2,1-2H3,(H,23,26)/p+1/t18-/m0/s1. The molecule has 0 bridgehead atoms. The van der Waals surface area contributed by atoms with E-state index in [4.69, 9.17) is 0 Å². The Kier molecular flexibility index (Phi) is 7.05. The summed E-state index contributed by atoms with van der Waals surface area (Å²) in [7, 11) is -3.49. The highest BCUT2D eigenvalue weighted by Crippen LogP contribution is 2.17. The van der Waals surface area contributed by atoms with Crippen LogP contribution in [-0.2, 0) is 21.2 Å². The second-order valence-corrected chi connectivity index (χ2v) is 9.47. The van der Waals surface area contributed by atoms with Gasteiger partial charge in [-0.25, -0.2) is 8.42 Å². The van der Waals surface area contributed by atoms with Crippen molar-refractivity contribution in [2.75, 3.05) is 31.5 Å². The molecule has 0 unspecified atom stereocenters. The summed E-state index contributed by atoms with van der Waals surface area (Å²) in [4.78, 5) is 14.0. The van der Waals surface area contributed by atoms with Gasteiger partial charge in [-0.2, -0.15) is 4.31 Å². The van der Waals surface area contributed by atoms with Crippen LogP contribution in [0.25, 0.3) is 0 Å². The SMILES string of the molecule is CCCc1ccc(S(=O)(=O)N2CC[NH+]([C@@H](C)C(=O)Nc3ccccc3)CC2)cc1. The lowest BCUT2D eigenvalue weighted by molar-refractivity contribution is -0.917. The summed E-state index contributed by atoms with van der Waals surface area (Å²) >= 11 is 0. The molecule has 1 aliphatic heterocycles. The van der Waals surface area contributed by atoms with E-state index >= 15 is 0 Å². The number of quaternary nitrogens is 1. The first kappa shape index (κ1) is 21.5. The van der Waals surface area contributed by atoms with Gasteiger partial charge < -0.3 is 10.2 Å². The molecule has 1 heterocycles. The van der Waals surface area contributed by atoms with Crippen molar-refractivity contribution in [3.05, 3.63) is 60.2 Å². The summed E-state index contributed by atoms with van der Waals surface area (Å²) < 4.78 is 27.4. The van der Waals surface area contributed by atoms with Gasteiger partial charge in [-0.1, -0.05) is 43.7 Å². The first-order valence-electron chi connectivity index (χ1n) is 10.2. The molecule has 6 nitrogen and oxygen atoms in total. The third-order valence-electron chi connectivity index (χ3n) is 5.51. The van der Waals surface area contributed by atoms with E-state index in [0.717, 1.165) is 29.0 Å². The van der Waals surface area contributed by atoms with Crippen molar-refractivity contribution < 1.29 is 18.1 Å². The number of benzene rings is 2. The number of piperazine rings is 1. The molecule has 0 saturated carbocycles. The third-order valence-corrected chi connectivity index (χ3v) is 7.42. The van der Waals surface area contributed by atoms with Gasteiger partial charge in [0.25, 0.3) is 5.91 Å². The minimum atomic E-state index is -3.49. The first-order chi connectivity index (χ1) is 13.9. The smallest absolute Gasteiger partial charge is 0.282 e. The highest BCUT2D eigenvalue weighted by molar-refractivity contribution is 7.89. The number of amides is 1. The van der Waals surface area contributed by atoms with Crippen LogP contribution in [0, 0.1) is 0 Å². The molecule has 7 heteroatoms. The Balaban J connectivity index is 1.58. The molecule has 1 fully saturated rings. The van der Waals surface area contributed by atoms with Crippen molar-refractivity contribution in [2.45, 2.75) is 37.6 Å². The summed E-state index contributed by atoms with van der Waals surface area (Å²) in [5.74, 6) is -0.0472. The molecule has 1 saturated heterocycles. The molecule has 2 N–H and O–H groups in total. The zero-order chi connectivity index (χ0) is 20.9. The van der Waals surface area contributed by atoms with E-state index in [9.17, 15) is 13.2 Å². The summed E-state index contributed by atoms with van der Waals surface area (Å²) in [6.45, 7) is 6.04. The van der Waals surface area contributed by atoms with Crippen LogP contribution in [0.2, 0.25) is 0 Å². The van der Waals surface area contributed by atoms with E-state index in [1.165, 1.54) is 4.31 Å². The number of rotatable bonds is 7. The van der Waals surface area contributed by atoms with Crippen molar-refractivity contribution in [1.29, 1.82) is 0 Å². The summed E-state index contributed by atoms with van der Waals surface area (Å²) in [6.07, 6.45) is 1.98. The highest BCUT2D eigenvalue weighted by atomic mass is 32.2. The van der Waals surface area contributed by atoms with E-state index in [1.54, 1.807) is 12.1 Å². The molecule has 0 radical (unpaired) electrons. The second kappa shape index (κ2) is 9.52. The van der Waals surface area contributed by atoms with Gasteiger partial charge in [0.2, 0.25) is 10.0 Å². The van der Waals surface area contributed by atoms with Crippen molar-refractivity contribution in [3.63, 3.8) is 0 Å². The molecular weight excluding hydrogens is 386 g/mol. The fraction of sp³-hybridized carbons (Fsp3) is 0.409. The molecule has 0 aromatic heterocycles. The molecule has 2 aromatic carbocycles. The maximum atomic E-state index is 12.9. The molecule has 0 spiro atoms. The van der Waals surface area contributed by atoms with E-state index < -0.39 is 10.0 Å². The molecule has 1 atom stereocenters. The van der Waals surface area contributed by atoms with Gasteiger partial charge >= 0.3 is 0 Å². The number of carbonyl (C=O) groups excluding carboxylic acids is 1. The number of anilines is 1. The maximum absolute atomic E-state index is 12.9. The number of hydrogen-bond acceptors (Lipinski definition) is 3. The largest absolute Gasteiger partial charge is 0.323 e. The van der Waals surface area contributed by atoms with Crippen molar-refractivity contribution in [3.8, 4) is 0 Å². The molecule has 156 valence electrons. The van der Waals surface area contributed by atoms with Gasteiger partial charge in [-0.15, -0.1) is 0 Å². The Morgan fingerprint density at radius 1 is 1.07 bits per heavy atom. The molecule has 3 rings (SSSR count). The summed E-state index contributed by atoms with van der Waals surface area (Å²) in [5, 5.41) is 2.93. The first-order valence-corrected chi connectivity index (χ1v) is 11.7. The minimum Gasteiger partial charge on any atom is -0.323 e. The molecule has 1 aliphatic rings. The van der Waals surface area contributed by atoms with Crippen LogP contribution in [0.5, 0.6) is 0 Å². The lowest BCUT2D eigenvalue weighted by Crippen LogP contribution is -3.19. The van der Waals surface area contributed by atoms with E-state index in [2.05, 4.69) is 12.2 Å². The zero-order valence-electron chi connectivity index (χ0n) is 17.1. The third kappa shape index (κ3) is 5.23. The van der Waals surface area contributed by atoms with E-state index in [0.29, 0.717) is 31.1 Å². The van der Waals surface area contributed by atoms with Crippen LogP contribution < -0.4 is 10.2 Å². The molecule has 0 aliphatic carbocycles. The Morgan fingerprint density at radius 2 is 1.69 bits per heavy atom. The van der Waals surface area contributed by atoms with Gasteiger partial charge in [0, 0.05) is 5.69 Å². The predicted octanol–water partition coefficient (Wildman–Crippen LogP) is 1.56. The normalized spacial score (nSPS) is 17.0. The molecule has 29 heavy (non-hydrogen) atoms. The van der Waals surface area contributed by atoms with Crippen LogP contribution in [0.15, 0.2) is 59.5 Å². The zero-order valence-corrected chi connectivity index (χ0v) is 17.9. The second-order valence-electron chi connectivity index (χ2n) is 7.53. The van der Waals surface area contributed by atoms with Gasteiger partial charge in [0.1, 0.15) is 0 Å². The Hall–Kier alpha value is -2.22. The van der Waals surface area contributed by atoms with Crippen molar-refractivity contribution >= 4 is 21.6 Å². The van der Waals surface area contributed by atoms with Crippen molar-refractivity contribution in [2.24, 2.45) is 0 Å². The lowest BCUT2D eigenvalue weighted by Gasteiger charge is -2.34. The quantitative estimate of drug-likeness (QED) is 0.720. The number of aryl methyl sites for hydroxylation is 1. The van der Waals surface area contributed by atoms with E-state index in [1.807, 2.05) is 49.4 Å². The molecule has 1 amide bonds. The van der Waals surface area contributed by atoms with Gasteiger partial charge in [0.05, 0.1) is 31.1 Å². The van der Waals surface area contributed by atoms with Crippen molar-refractivity contribution in [1.82, 2.24) is 4.31 Å². The van der Waals surface area contributed by atoms with Crippen LogP contribution in [-0.4, -0.2) is 50.9 Å². The monoisotopic (exact) mass is 416 g/mol. The Bertz CT molecular complexity index is 906. The Morgan fingerprint density at radius 3 is 2.28 bits per heavy atom. The number of nitrogens with zero attached hydrogens (tertiary/aromatic N) is 1. The summed E-state index contributed by atoms with van der Waals surface area (Å²) in [6, 6.07) is 16.3. The van der Waals surface area contributed by atoms with Gasteiger partial charge in [-0.05, 0) is 43.2 Å². The minimum absolute atomic E-state index is 0.0472. The number of sulfonamides is 1. The number of carbonyl (C=O) groups is 1. The number of hydrogen-bond donors (Lipinski definition) is 2. The average molecular weight is 417 g/mol. The average Bonchev–Trinajstić information content (AvgIpc) is 2.74. The maximum Gasteiger partial charge on any atom is 0.282 e. The molecule has 2 aromatic rings. The number of nitrogens with one attached hydrogen (secondary N) is 2. The van der Waals surface area contributed by atoms with Crippen LogP contribution in [0.1, 0.15) is 25.8 Å². The topological polar surface area (TPSA) is 70.9 Å².